The number of piperazine rings is 1. The molecule has 0 N–H and O–H groups in total. The number of para-hydroxylation sites is 1. The van der Waals surface area contributed by atoms with Gasteiger partial charge in [-0.05, 0) is 32.0 Å². The van der Waals surface area contributed by atoms with Crippen LogP contribution in [-0.4, -0.2) is 58.8 Å². The normalized spacial score (nSPS) is 15.7. The minimum atomic E-state index is -0.354. The molecule has 3 rings (SSSR count). The first kappa shape index (κ1) is 20.3. The lowest BCUT2D eigenvalue weighted by Crippen LogP contribution is -2.52. The van der Waals surface area contributed by atoms with Crippen molar-refractivity contribution >= 4 is 11.7 Å². The van der Waals surface area contributed by atoms with Crippen LogP contribution >= 0.6 is 0 Å². The predicted octanol–water partition coefficient (Wildman–Crippen LogP) is 3.47. The van der Waals surface area contributed by atoms with Gasteiger partial charge in [-0.2, -0.15) is 0 Å². The van der Waals surface area contributed by atoms with Crippen molar-refractivity contribution in [2.75, 3.05) is 32.7 Å². The molecule has 0 aliphatic carbocycles. The van der Waals surface area contributed by atoms with E-state index in [2.05, 4.69) is 21.6 Å². The Morgan fingerprint density at radius 3 is 2.14 bits per heavy atom. The van der Waals surface area contributed by atoms with Crippen molar-refractivity contribution in [1.29, 1.82) is 0 Å². The molecule has 0 radical (unpaired) electrons. The average Bonchev–Trinajstić information content (AvgIpc) is 2.96. The molecule has 1 aromatic heterocycles. The summed E-state index contributed by atoms with van der Waals surface area (Å²) in [5.74, 6) is 0.329. The number of Topliss-reactive ketones (excluding diaryl/α,β-unsaturated/α-hetero) is 1. The largest absolute Gasteiger partial charge is 0.340 e. The third-order valence-electron chi connectivity index (χ3n) is 5.41. The summed E-state index contributed by atoms with van der Waals surface area (Å²) in [5.41, 5.74) is 3.55. The lowest BCUT2D eigenvalue weighted by atomic mass is 9.94. The number of aromatic nitrogens is 1. The average molecular weight is 382 g/mol. The van der Waals surface area contributed by atoms with Crippen LogP contribution in [0.3, 0.4) is 0 Å². The summed E-state index contributed by atoms with van der Waals surface area (Å²) in [4.78, 5) is 29.5. The number of benzene rings is 1. The molecular formula is C23H31N3O2. The van der Waals surface area contributed by atoms with Crippen molar-refractivity contribution < 1.29 is 9.59 Å². The quantitative estimate of drug-likeness (QED) is 0.762. The van der Waals surface area contributed by atoms with Gasteiger partial charge in [0.1, 0.15) is 0 Å². The standard InChI is InChI=1S/C23H31N3O2/c1-17-15-20(18(2)26(17)19-9-7-6-8-10-19)21(27)16-24-11-13-25(14-12-24)22(28)23(3,4)5/h6-10,15H,11-14,16H2,1-5H3. The minimum absolute atomic E-state index is 0.144. The molecule has 28 heavy (non-hydrogen) atoms. The predicted molar refractivity (Wildman–Crippen MR) is 112 cm³/mol. The van der Waals surface area contributed by atoms with E-state index in [1.165, 1.54) is 0 Å². The zero-order valence-corrected chi connectivity index (χ0v) is 17.7. The maximum Gasteiger partial charge on any atom is 0.228 e. The van der Waals surface area contributed by atoms with E-state index in [0.29, 0.717) is 19.6 Å². The molecule has 5 heteroatoms. The van der Waals surface area contributed by atoms with E-state index in [4.69, 9.17) is 0 Å². The number of hydrogen-bond acceptors (Lipinski definition) is 3. The number of hydrogen-bond donors (Lipinski definition) is 0. The highest BCUT2D eigenvalue weighted by molar-refractivity contribution is 5.99. The zero-order valence-electron chi connectivity index (χ0n) is 17.7. The number of ketones is 1. The highest BCUT2D eigenvalue weighted by Gasteiger charge is 2.30. The van der Waals surface area contributed by atoms with Gasteiger partial charge in [-0.15, -0.1) is 0 Å². The number of carbonyl (C=O) groups is 2. The van der Waals surface area contributed by atoms with Crippen molar-refractivity contribution in [3.05, 3.63) is 53.3 Å². The van der Waals surface area contributed by atoms with Crippen molar-refractivity contribution in [2.24, 2.45) is 5.41 Å². The molecule has 1 aliphatic rings. The summed E-state index contributed by atoms with van der Waals surface area (Å²) >= 11 is 0. The third-order valence-corrected chi connectivity index (χ3v) is 5.41. The number of aryl methyl sites for hydroxylation is 1. The van der Waals surface area contributed by atoms with Crippen LogP contribution in [0.15, 0.2) is 36.4 Å². The second kappa shape index (κ2) is 7.92. The smallest absolute Gasteiger partial charge is 0.228 e. The van der Waals surface area contributed by atoms with E-state index in [0.717, 1.165) is 35.7 Å². The second-order valence-electron chi connectivity index (χ2n) is 8.70. The van der Waals surface area contributed by atoms with E-state index >= 15 is 0 Å². The molecule has 1 fully saturated rings. The van der Waals surface area contributed by atoms with Crippen LogP contribution in [0, 0.1) is 19.3 Å². The van der Waals surface area contributed by atoms with E-state index in [1.54, 1.807) is 0 Å². The zero-order chi connectivity index (χ0) is 20.5. The molecule has 1 saturated heterocycles. The van der Waals surface area contributed by atoms with Gasteiger partial charge >= 0.3 is 0 Å². The Labute approximate surface area is 167 Å². The van der Waals surface area contributed by atoms with E-state index in [-0.39, 0.29) is 17.1 Å². The van der Waals surface area contributed by atoms with Gasteiger partial charge in [0.25, 0.3) is 0 Å². The fraction of sp³-hybridized carbons (Fsp3) is 0.478. The molecule has 0 unspecified atom stereocenters. The Balaban J connectivity index is 1.66. The molecule has 2 aromatic rings. The Morgan fingerprint density at radius 1 is 0.964 bits per heavy atom. The number of rotatable bonds is 4. The molecule has 0 saturated carbocycles. The van der Waals surface area contributed by atoms with Crippen molar-refractivity contribution in [2.45, 2.75) is 34.6 Å². The van der Waals surface area contributed by atoms with Crippen molar-refractivity contribution in [3.8, 4) is 5.69 Å². The molecule has 150 valence electrons. The van der Waals surface area contributed by atoms with Crippen LogP contribution in [0.2, 0.25) is 0 Å². The van der Waals surface area contributed by atoms with Gasteiger partial charge < -0.3 is 9.47 Å². The summed E-state index contributed by atoms with van der Waals surface area (Å²) < 4.78 is 2.13. The third kappa shape index (κ3) is 4.20. The Bertz CT molecular complexity index is 854. The summed E-state index contributed by atoms with van der Waals surface area (Å²) in [6, 6.07) is 12.1. The molecule has 0 spiro atoms. The van der Waals surface area contributed by atoms with E-state index in [9.17, 15) is 9.59 Å². The highest BCUT2D eigenvalue weighted by Crippen LogP contribution is 2.22. The van der Waals surface area contributed by atoms with Gasteiger partial charge in [-0.3, -0.25) is 14.5 Å². The van der Waals surface area contributed by atoms with Gasteiger partial charge in [0.05, 0.1) is 6.54 Å². The topological polar surface area (TPSA) is 45.6 Å². The number of carbonyl (C=O) groups excluding carboxylic acids is 2. The van der Waals surface area contributed by atoms with Crippen LogP contribution < -0.4 is 0 Å². The SMILES string of the molecule is Cc1cc(C(=O)CN2CCN(C(=O)C(C)(C)C)CC2)c(C)n1-c1ccccc1. The highest BCUT2D eigenvalue weighted by atomic mass is 16.2. The van der Waals surface area contributed by atoms with Crippen LogP contribution in [0.4, 0.5) is 0 Å². The molecule has 1 aromatic carbocycles. The van der Waals surface area contributed by atoms with Crippen molar-refractivity contribution in [1.82, 2.24) is 14.4 Å². The van der Waals surface area contributed by atoms with Gasteiger partial charge in [-0.25, -0.2) is 0 Å². The Kier molecular flexibility index (Phi) is 5.75. The molecule has 0 bridgehead atoms. The molecule has 0 atom stereocenters. The van der Waals surface area contributed by atoms with Crippen LogP contribution in [0.5, 0.6) is 0 Å². The second-order valence-corrected chi connectivity index (χ2v) is 8.70. The number of amides is 1. The van der Waals surface area contributed by atoms with Gasteiger partial charge in [-0.1, -0.05) is 39.0 Å². The Hall–Kier alpha value is -2.40. The summed E-state index contributed by atoms with van der Waals surface area (Å²) in [7, 11) is 0. The van der Waals surface area contributed by atoms with E-state index < -0.39 is 0 Å². The van der Waals surface area contributed by atoms with Gasteiger partial charge in [0, 0.05) is 54.2 Å². The first-order chi connectivity index (χ1) is 13.2. The molecular weight excluding hydrogens is 350 g/mol. The first-order valence-corrected chi connectivity index (χ1v) is 9.98. The summed E-state index contributed by atoms with van der Waals surface area (Å²) in [6.45, 7) is 13.2. The Morgan fingerprint density at radius 2 is 1.57 bits per heavy atom. The van der Waals surface area contributed by atoms with Crippen LogP contribution in [-0.2, 0) is 4.79 Å². The van der Waals surface area contributed by atoms with Crippen molar-refractivity contribution in [3.63, 3.8) is 0 Å². The summed E-state index contributed by atoms with van der Waals surface area (Å²) in [5, 5.41) is 0. The minimum Gasteiger partial charge on any atom is -0.340 e. The number of nitrogens with zero attached hydrogens (tertiary/aromatic N) is 3. The van der Waals surface area contributed by atoms with Crippen LogP contribution in [0.1, 0.15) is 42.5 Å². The molecule has 5 nitrogen and oxygen atoms in total. The van der Waals surface area contributed by atoms with Crippen LogP contribution in [0.25, 0.3) is 5.69 Å². The van der Waals surface area contributed by atoms with E-state index in [1.807, 2.05) is 63.8 Å². The fourth-order valence-corrected chi connectivity index (χ4v) is 3.89. The molecule has 1 amide bonds. The first-order valence-electron chi connectivity index (χ1n) is 9.98. The monoisotopic (exact) mass is 381 g/mol. The molecule has 1 aliphatic heterocycles. The maximum absolute atomic E-state index is 13.0. The lowest BCUT2D eigenvalue weighted by Gasteiger charge is -2.37. The van der Waals surface area contributed by atoms with Gasteiger partial charge in [0.15, 0.2) is 5.78 Å². The lowest BCUT2D eigenvalue weighted by molar-refractivity contribution is -0.141. The summed E-state index contributed by atoms with van der Waals surface area (Å²) in [6.07, 6.45) is 0. The molecule has 2 heterocycles. The fourth-order valence-electron chi connectivity index (χ4n) is 3.89. The maximum atomic E-state index is 13.0. The van der Waals surface area contributed by atoms with Gasteiger partial charge in [0.2, 0.25) is 5.91 Å².